The summed E-state index contributed by atoms with van der Waals surface area (Å²) in [6, 6.07) is 18.8. The normalized spacial score (nSPS) is 15.5. The van der Waals surface area contributed by atoms with Crippen molar-refractivity contribution in [2.45, 2.75) is 31.9 Å². The highest BCUT2D eigenvalue weighted by Gasteiger charge is 2.39. The third-order valence-electron chi connectivity index (χ3n) is 5.25. The van der Waals surface area contributed by atoms with Gasteiger partial charge in [-0.3, -0.25) is 9.69 Å². The first kappa shape index (κ1) is 19.3. The fourth-order valence-electron chi connectivity index (χ4n) is 3.47. The van der Waals surface area contributed by atoms with Crippen LogP contribution in [0.1, 0.15) is 31.4 Å². The van der Waals surface area contributed by atoms with Gasteiger partial charge in [0.2, 0.25) is 0 Å². The van der Waals surface area contributed by atoms with Gasteiger partial charge in [0.25, 0.3) is 5.91 Å². The molecular weight excluding hydrogens is 336 g/mol. The van der Waals surface area contributed by atoms with E-state index in [1.54, 1.807) is 24.3 Å². The van der Waals surface area contributed by atoms with E-state index in [9.17, 15) is 9.90 Å². The van der Waals surface area contributed by atoms with Crippen LogP contribution in [0.2, 0.25) is 0 Å². The van der Waals surface area contributed by atoms with E-state index in [1.807, 2.05) is 36.4 Å². The number of hydrogen-bond donors (Lipinski definition) is 2. The molecule has 1 heterocycles. The summed E-state index contributed by atoms with van der Waals surface area (Å²) >= 11 is 0. The van der Waals surface area contributed by atoms with Crippen molar-refractivity contribution in [3.63, 3.8) is 0 Å². The number of amides is 1. The van der Waals surface area contributed by atoms with Crippen LogP contribution in [-0.2, 0) is 10.4 Å². The van der Waals surface area contributed by atoms with Gasteiger partial charge in [0.15, 0.2) is 5.60 Å². The molecule has 0 spiro atoms. The molecule has 0 fully saturated rings. The standard InChI is InChI=1S/C23H28N2O2/c1-18(2)25-15-13-19(14-16-25)17-24-22(26)23(27,20-9-5-3-6-10-20)21-11-7-4-8-12-21/h3-13,18,27H,14-17H2,1-2H3,(H,24,26). The average Bonchev–Trinajstić information content (AvgIpc) is 2.73. The molecule has 1 aliphatic heterocycles. The zero-order valence-electron chi connectivity index (χ0n) is 16.1. The van der Waals surface area contributed by atoms with E-state index >= 15 is 0 Å². The highest BCUT2D eigenvalue weighted by Crippen LogP contribution is 2.30. The first-order valence-electron chi connectivity index (χ1n) is 9.55. The second-order valence-electron chi connectivity index (χ2n) is 7.33. The van der Waals surface area contributed by atoms with Crippen molar-refractivity contribution < 1.29 is 9.90 Å². The van der Waals surface area contributed by atoms with Gasteiger partial charge in [0.05, 0.1) is 0 Å². The number of rotatable bonds is 6. The molecular formula is C23H28N2O2. The largest absolute Gasteiger partial charge is 0.372 e. The number of benzene rings is 2. The molecule has 2 aromatic rings. The van der Waals surface area contributed by atoms with Gasteiger partial charge in [-0.25, -0.2) is 0 Å². The Labute approximate surface area is 161 Å². The molecule has 4 heteroatoms. The lowest BCUT2D eigenvalue weighted by Crippen LogP contribution is -2.46. The molecule has 0 saturated heterocycles. The first-order chi connectivity index (χ1) is 13.0. The van der Waals surface area contributed by atoms with E-state index in [0.717, 1.165) is 19.5 Å². The Morgan fingerprint density at radius 3 is 2.07 bits per heavy atom. The third-order valence-corrected chi connectivity index (χ3v) is 5.25. The maximum atomic E-state index is 13.1. The molecule has 142 valence electrons. The number of hydrogen-bond acceptors (Lipinski definition) is 3. The lowest BCUT2D eigenvalue weighted by Gasteiger charge is -2.31. The molecule has 0 atom stereocenters. The fourth-order valence-corrected chi connectivity index (χ4v) is 3.47. The summed E-state index contributed by atoms with van der Waals surface area (Å²) in [5, 5.41) is 14.4. The number of carbonyl (C=O) groups excluding carboxylic acids is 1. The van der Waals surface area contributed by atoms with Crippen molar-refractivity contribution in [2.24, 2.45) is 0 Å². The maximum absolute atomic E-state index is 13.1. The number of nitrogens with one attached hydrogen (secondary N) is 1. The summed E-state index contributed by atoms with van der Waals surface area (Å²) in [5.41, 5.74) is 0.639. The minimum atomic E-state index is -1.71. The summed E-state index contributed by atoms with van der Waals surface area (Å²) in [4.78, 5) is 15.5. The highest BCUT2D eigenvalue weighted by atomic mass is 16.3. The second kappa shape index (κ2) is 8.51. The smallest absolute Gasteiger partial charge is 0.261 e. The van der Waals surface area contributed by atoms with Gasteiger partial charge in [-0.15, -0.1) is 0 Å². The van der Waals surface area contributed by atoms with Crippen LogP contribution in [0, 0.1) is 0 Å². The van der Waals surface area contributed by atoms with Crippen molar-refractivity contribution >= 4 is 5.91 Å². The van der Waals surface area contributed by atoms with E-state index in [1.165, 1.54) is 5.57 Å². The van der Waals surface area contributed by atoms with Gasteiger partial charge in [-0.2, -0.15) is 0 Å². The fraction of sp³-hybridized carbons (Fsp3) is 0.348. The monoisotopic (exact) mass is 364 g/mol. The predicted molar refractivity (Wildman–Crippen MR) is 108 cm³/mol. The van der Waals surface area contributed by atoms with Gasteiger partial charge in [-0.05, 0) is 31.4 Å². The molecule has 0 radical (unpaired) electrons. The summed E-state index contributed by atoms with van der Waals surface area (Å²) in [6.07, 6.45) is 3.13. The lowest BCUT2D eigenvalue weighted by molar-refractivity contribution is -0.136. The molecule has 27 heavy (non-hydrogen) atoms. The van der Waals surface area contributed by atoms with Crippen molar-refractivity contribution in [1.82, 2.24) is 10.2 Å². The summed E-state index contributed by atoms with van der Waals surface area (Å²) in [5.74, 6) is -0.396. The van der Waals surface area contributed by atoms with E-state index in [2.05, 4.69) is 30.1 Å². The van der Waals surface area contributed by atoms with Crippen LogP contribution in [0.3, 0.4) is 0 Å². The molecule has 2 aromatic carbocycles. The first-order valence-corrected chi connectivity index (χ1v) is 9.55. The molecule has 0 saturated carbocycles. The Hall–Kier alpha value is -2.43. The molecule has 0 aliphatic carbocycles. The predicted octanol–water partition coefficient (Wildman–Crippen LogP) is 3.08. The number of nitrogens with zero attached hydrogens (tertiary/aromatic N) is 1. The molecule has 2 N–H and O–H groups in total. The SMILES string of the molecule is CC(C)N1CC=C(CNC(=O)C(O)(c2ccccc2)c2ccccc2)CC1. The van der Waals surface area contributed by atoms with Gasteiger partial charge in [-0.1, -0.05) is 72.3 Å². The molecule has 0 aromatic heterocycles. The highest BCUT2D eigenvalue weighted by molar-refractivity contribution is 5.90. The zero-order chi connectivity index (χ0) is 19.3. The van der Waals surface area contributed by atoms with E-state index < -0.39 is 11.5 Å². The van der Waals surface area contributed by atoms with Crippen molar-refractivity contribution in [1.29, 1.82) is 0 Å². The lowest BCUT2D eigenvalue weighted by atomic mass is 9.85. The Bertz CT molecular complexity index is 745. The molecule has 0 bridgehead atoms. The van der Waals surface area contributed by atoms with E-state index in [-0.39, 0.29) is 0 Å². The van der Waals surface area contributed by atoms with Crippen LogP contribution in [0.4, 0.5) is 0 Å². The van der Waals surface area contributed by atoms with Crippen LogP contribution < -0.4 is 5.32 Å². The van der Waals surface area contributed by atoms with Gasteiger partial charge >= 0.3 is 0 Å². The summed E-state index contributed by atoms with van der Waals surface area (Å²) < 4.78 is 0. The van der Waals surface area contributed by atoms with Crippen molar-refractivity contribution in [3.8, 4) is 0 Å². The van der Waals surface area contributed by atoms with Crippen LogP contribution in [0.15, 0.2) is 72.3 Å². The van der Waals surface area contributed by atoms with Crippen LogP contribution in [0.25, 0.3) is 0 Å². The van der Waals surface area contributed by atoms with Crippen molar-refractivity contribution in [2.75, 3.05) is 19.6 Å². The third kappa shape index (κ3) is 4.29. The molecule has 0 unspecified atom stereocenters. The van der Waals surface area contributed by atoms with Gasteiger partial charge < -0.3 is 10.4 Å². The van der Waals surface area contributed by atoms with Crippen molar-refractivity contribution in [3.05, 3.63) is 83.4 Å². The number of carbonyl (C=O) groups is 1. The average molecular weight is 364 g/mol. The Morgan fingerprint density at radius 1 is 1.07 bits per heavy atom. The van der Waals surface area contributed by atoms with E-state index in [0.29, 0.717) is 23.7 Å². The van der Waals surface area contributed by atoms with Gasteiger partial charge in [0, 0.05) is 25.7 Å². The Kier molecular flexibility index (Phi) is 6.09. The maximum Gasteiger partial charge on any atom is 0.261 e. The summed E-state index contributed by atoms with van der Waals surface area (Å²) in [6.45, 7) is 6.76. The minimum absolute atomic E-state index is 0.396. The molecule has 3 rings (SSSR count). The Morgan fingerprint density at radius 2 is 1.63 bits per heavy atom. The molecule has 1 aliphatic rings. The summed E-state index contributed by atoms with van der Waals surface area (Å²) in [7, 11) is 0. The zero-order valence-corrected chi connectivity index (χ0v) is 16.1. The Balaban J connectivity index is 1.77. The van der Waals surface area contributed by atoms with E-state index in [4.69, 9.17) is 0 Å². The van der Waals surface area contributed by atoms with Crippen LogP contribution in [-0.4, -0.2) is 41.6 Å². The van der Waals surface area contributed by atoms with Gasteiger partial charge in [0.1, 0.15) is 0 Å². The molecule has 4 nitrogen and oxygen atoms in total. The van der Waals surface area contributed by atoms with Crippen LogP contribution >= 0.6 is 0 Å². The molecule has 1 amide bonds. The number of aliphatic hydroxyl groups is 1. The minimum Gasteiger partial charge on any atom is -0.372 e. The quantitative estimate of drug-likeness (QED) is 0.775. The van der Waals surface area contributed by atoms with Crippen LogP contribution in [0.5, 0.6) is 0 Å². The second-order valence-corrected chi connectivity index (χ2v) is 7.33. The topological polar surface area (TPSA) is 52.6 Å².